The van der Waals surface area contributed by atoms with E-state index in [9.17, 15) is 21.6 Å². The minimum atomic E-state index is -3.83. The molecule has 1 N–H and O–H groups in total. The Labute approximate surface area is 147 Å². The van der Waals surface area contributed by atoms with Gasteiger partial charge in [0.25, 0.3) is 5.91 Å². The fraction of sp³-hybridized carbons (Fsp3) is 0.533. The van der Waals surface area contributed by atoms with Crippen LogP contribution in [0.3, 0.4) is 0 Å². The average Bonchev–Trinajstić information content (AvgIpc) is 2.86. The summed E-state index contributed by atoms with van der Waals surface area (Å²) in [5.74, 6) is -0.730. The predicted octanol–water partition coefficient (Wildman–Crippen LogP) is 1.69. The molecule has 1 heterocycles. The van der Waals surface area contributed by atoms with Crippen molar-refractivity contribution in [2.75, 3.05) is 18.1 Å². The Morgan fingerprint density at radius 3 is 2.58 bits per heavy atom. The molecule has 0 aliphatic carbocycles. The fourth-order valence-electron chi connectivity index (χ4n) is 2.45. The van der Waals surface area contributed by atoms with Crippen molar-refractivity contribution in [3.63, 3.8) is 0 Å². The molecule has 6 nitrogen and oxygen atoms in total. The van der Waals surface area contributed by atoms with Crippen molar-refractivity contribution < 1.29 is 21.6 Å². The lowest BCUT2D eigenvalue weighted by atomic mass is 10.2. The first-order valence-corrected chi connectivity index (χ1v) is 11.3. The highest BCUT2D eigenvalue weighted by Gasteiger charge is 2.38. The van der Waals surface area contributed by atoms with Gasteiger partial charge in [-0.2, -0.15) is 0 Å². The largest absolute Gasteiger partial charge is 0.352 e. The van der Waals surface area contributed by atoms with Crippen molar-refractivity contribution in [3.8, 4) is 0 Å². The first-order chi connectivity index (χ1) is 11.0. The highest BCUT2D eigenvalue weighted by molar-refractivity contribution is 7.96. The van der Waals surface area contributed by atoms with Gasteiger partial charge in [0.2, 0.25) is 0 Å². The second-order valence-electron chi connectivity index (χ2n) is 6.32. The minimum absolute atomic E-state index is 0.0687. The van der Waals surface area contributed by atoms with Gasteiger partial charge in [0.1, 0.15) is 0 Å². The number of hydrogen-bond acceptors (Lipinski definition) is 5. The summed E-state index contributed by atoms with van der Waals surface area (Å²) < 4.78 is 48.4. The molecule has 1 saturated heterocycles. The minimum Gasteiger partial charge on any atom is -0.352 e. The van der Waals surface area contributed by atoms with Gasteiger partial charge in [-0.1, -0.05) is 25.4 Å². The van der Waals surface area contributed by atoms with Gasteiger partial charge in [-0.3, -0.25) is 4.79 Å². The lowest BCUT2D eigenvalue weighted by Crippen LogP contribution is -2.28. The molecule has 2 rings (SSSR count). The Morgan fingerprint density at radius 2 is 2.04 bits per heavy atom. The Hall–Kier alpha value is -1.12. The summed E-state index contributed by atoms with van der Waals surface area (Å²) in [6.07, 6.45) is 0.0716. The summed E-state index contributed by atoms with van der Waals surface area (Å²) >= 11 is 6.01. The van der Waals surface area contributed by atoms with Crippen molar-refractivity contribution in [3.05, 3.63) is 28.8 Å². The molecule has 1 unspecified atom stereocenters. The van der Waals surface area contributed by atoms with Crippen LogP contribution in [-0.2, 0) is 19.7 Å². The number of nitrogens with one attached hydrogen (secondary N) is 1. The van der Waals surface area contributed by atoms with Crippen molar-refractivity contribution in [1.82, 2.24) is 5.32 Å². The molecule has 0 radical (unpaired) electrons. The van der Waals surface area contributed by atoms with Gasteiger partial charge >= 0.3 is 0 Å². The molecule has 9 heteroatoms. The lowest BCUT2D eigenvalue weighted by molar-refractivity contribution is 0.0949. The van der Waals surface area contributed by atoms with Crippen LogP contribution in [0.1, 0.15) is 30.6 Å². The van der Waals surface area contributed by atoms with Crippen LogP contribution in [-0.4, -0.2) is 46.0 Å². The van der Waals surface area contributed by atoms with Crippen LogP contribution in [0.2, 0.25) is 5.02 Å². The molecular weight excluding hydrogens is 374 g/mol. The van der Waals surface area contributed by atoms with Crippen molar-refractivity contribution in [2.45, 2.75) is 30.4 Å². The van der Waals surface area contributed by atoms with E-state index in [2.05, 4.69) is 5.32 Å². The zero-order valence-corrected chi connectivity index (χ0v) is 15.8. The van der Waals surface area contributed by atoms with Gasteiger partial charge in [-0.05, 0) is 30.5 Å². The van der Waals surface area contributed by atoms with Gasteiger partial charge in [-0.15, -0.1) is 0 Å². The molecule has 1 aliphatic heterocycles. The number of sulfone groups is 2. The van der Waals surface area contributed by atoms with Crippen LogP contribution in [0.25, 0.3) is 0 Å². The predicted molar refractivity (Wildman–Crippen MR) is 92.9 cm³/mol. The standard InChI is InChI=1S/C15H20ClNO5S2/c1-10(2)8-17-15(18)13-7-11(3-4-14(13)16)24(21,22)12-5-6-23(19,20)9-12/h3-4,7,10,12H,5-6,8-9H2,1-2H3,(H,17,18). The molecule has 0 aromatic heterocycles. The lowest BCUT2D eigenvalue weighted by Gasteiger charge is -2.13. The maximum atomic E-state index is 12.6. The molecule has 1 fully saturated rings. The quantitative estimate of drug-likeness (QED) is 0.820. The highest BCUT2D eigenvalue weighted by atomic mass is 35.5. The smallest absolute Gasteiger partial charge is 0.252 e. The second-order valence-corrected chi connectivity index (χ2v) is 11.2. The molecule has 1 aromatic rings. The van der Waals surface area contributed by atoms with Crippen molar-refractivity contribution >= 4 is 37.2 Å². The molecule has 0 saturated carbocycles. The second kappa shape index (κ2) is 7.01. The van der Waals surface area contributed by atoms with Gasteiger partial charge in [0, 0.05) is 6.54 Å². The third-order valence-electron chi connectivity index (χ3n) is 3.81. The molecule has 1 aromatic carbocycles. The van der Waals surface area contributed by atoms with E-state index >= 15 is 0 Å². The number of halogens is 1. The number of amides is 1. The summed E-state index contributed by atoms with van der Waals surface area (Å²) in [6, 6.07) is 3.88. The van der Waals surface area contributed by atoms with Crippen molar-refractivity contribution in [1.29, 1.82) is 0 Å². The van der Waals surface area contributed by atoms with Crippen LogP contribution in [0.15, 0.2) is 23.1 Å². The average molecular weight is 394 g/mol. The summed E-state index contributed by atoms with van der Waals surface area (Å²) in [5, 5.41) is 1.86. The number of benzene rings is 1. The van der Waals surface area contributed by atoms with Gasteiger partial charge in [0.05, 0.1) is 32.2 Å². The molecule has 0 bridgehead atoms. The topological polar surface area (TPSA) is 97.4 Å². The van der Waals surface area contributed by atoms with E-state index in [1.54, 1.807) is 0 Å². The zero-order chi connectivity index (χ0) is 18.1. The third kappa shape index (κ3) is 4.29. The van der Waals surface area contributed by atoms with E-state index in [0.717, 1.165) is 0 Å². The van der Waals surface area contributed by atoms with Crippen LogP contribution in [0.5, 0.6) is 0 Å². The Balaban J connectivity index is 2.32. The molecule has 1 atom stereocenters. The maximum Gasteiger partial charge on any atom is 0.252 e. The van der Waals surface area contributed by atoms with E-state index in [1.807, 2.05) is 13.8 Å². The molecule has 1 amide bonds. The van der Waals surface area contributed by atoms with Crippen LogP contribution < -0.4 is 5.32 Å². The first-order valence-electron chi connectivity index (χ1n) is 7.55. The Bertz CT molecular complexity index is 847. The van der Waals surface area contributed by atoms with E-state index in [1.165, 1.54) is 18.2 Å². The molecular formula is C15H20ClNO5S2. The zero-order valence-electron chi connectivity index (χ0n) is 13.5. The fourth-order valence-corrected chi connectivity index (χ4v) is 7.03. The number of rotatable bonds is 5. The summed E-state index contributed by atoms with van der Waals surface area (Å²) in [6.45, 7) is 4.31. The summed E-state index contributed by atoms with van der Waals surface area (Å²) in [4.78, 5) is 12.1. The molecule has 24 heavy (non-hydrogen) atoms. The van der Waals surface area contributed by atoms with Crippen LogP contribution in [0.4, 0.5) is 0 Å². The van der Waals surface area contributed by atoms with Crippen molar-refractivity contribution in [2.24, 2.45) is 5.92 Å². The summed E-state index contributed by atoms with van der Waals surface area (Å²) in [7, 11) is -7.16. The van der Waals surface area contributed by atoms with Gasteiger partial charge in [-0.25, -0.2) is 16.8 Å². The van der Waals surface area contributed by atoms with E-state index < -0.39 is 30.8 Å². The van der Waals surface area contributed by atoms with Gasteiger partial charge in [0.15, 0.2) is 19.7 Å². The van der Waals surface area contributed by atoms with E-state index in [0.29, 0.717) is 6.54 Å². The number of carbonyl (C=O) groups excluding carboxylic acids is 1. The normalized spacial score (nSPS) is 20.2. The monoisotopic (exact) mass is 393 g/mol. The highest BCUT2D eigenvalue weighted by Crippen LogP contribution is 2.28. The van der Waals surface area contributed by atoms with E-state index in [-0.39, 0.29) is 39.3 Å². The molecule has 134 valence electrons. The Morgan fingerprint density at radius 1 is 1.38 bits per heavy atom. The maximum absolute atomic E-state index is 12.6. The third-order valence-corrected chi connectivity index (χ3v) is 8.31. The molecule has 0 spiro atoms. The van der Waals surface area contributed by atoms with Crippen LogP contribution in [0, 0.1) is 5.92 Å². The van der Waals surface area contributed by atoms with Gasteiger partial charge < -0.3 is 5.32 Å². The van der Waals surface area contributed by atoms with E-state index in [4.69, 9.17) is 11.6 Å². The molecule has 1 aliphatic rings. The number of hydrogen-bond donors (Lipinski definition) is 1. The summed E-state index contributed by atoms with van der Waals surface area (Å²) in [5.41, 5.74) is 0.0687. The van der Waals surface area contributed by atoms with Crippen LogP contribution >= 0.6 is 11.6 Å². The Kier molecular flexibility index (Phi) is 5.61. The number of carbonyl (C=O) groups is 1. The SMILES string of the molecule is CC(C)CNC(=O)c1cc(S(=O)(=O)C2CCS(=O)(=O)C2)ccc1Cl. The first kappa shape index (κ1) is 19.2.